The van der Waals surface area contributed by atoms with Gasteiger partial charge in [-0.05, 0) is 81.0 Å². The molecular formula is C22H28N2O4. The second-order valence-electron chi connectivity index (χ2n) is 8.60. The van der Waals surface area contributed by atoms with Gasteiger partial charge in [0.2, 0.25) is 5.91 Å². The van der Waals surface area contributed by atoms with Gasteiger partial charge >= 0.3 is 5.97 Å². The van der Waals surface area contributed by atoms with Crippen LogP contribution < -0.4 is 10.6 Å². The van der Waals surface area contributed by atoms with Crippen molar-refractivity contribution >= 4 is 23.5 Å². The first-order valence-electron chi connectivity index (χ1n) is 10.3. The summed E-state index contributed by atoms with van der Waals surface area (Å²) in [6.45, 7) is 3.68. The Bertz CT molecular complexity index is 806. The van der Waals surface area contributed by atoms with Gasteiger partial charge in [-0.15, -0.1) is 0 Å². The van der Waals surface area contributed by atoms with Crippen LogP contribution in [-0.2, 0) is 20.7 Å². The van der Waals surface area contributed by atoms with Crippen LogP contribution in [0.3, 0.4) is 0 Å². The number of rotatable bonds is 5. The number of esters is 1. The maximum atomic E-state index is 12.5. The van der Waals surface area contributed by atoms with Crippen molar-refractivity contribution in [1.82, 2.24) is 5.32 Å². The van der Waals surface area contributed by atoms with Crippen LogP contribution in [0.1, 0.15) is 61.9 Å². The quantitative estimate of drug-likeness (QED) is 0.764. The first kappa shape index (κ1) is 19.0. The van der Waals surface area contributed by atoms with Crippen LogP contribution in [0, 0.1) is 17.8 Å². The molecule has 2 amide bonds. The molecule has 0 aromatic heterocycles. The molecule has 2 fully saturated rings. The summed E-state index contributed by atoms with van der Waals surface area (Å²) < 4.78 is 5.40. The fraction of sp³-hybridized carbons (Fsp3) is 0.591. The molecule has 1 aliphatic heterocycles. The third-order valence-corrected chi connectivity index (χ3v) is 6.69. The maximum Gasteiger partial charge on any atom is 0.338 e. The third kappa shape index (κ3) is 3.77. The van der Waals surface area contributed by atoms with Crippen molar-refractivity contribution in [1.29, 1.82) is 0 Å². The number of benzene rings is 1. The lowest BCUT2D eigenvalue weighted by Gasteiger charge is -2.29. The van der Waals surface area contributed by atoms with Crippen LogP contribution in [0.15, 0.2) is 18.2 Å². The highest BCUT2D eigenvalue weighted by Crippen LogP contribution is 2.49. The van der Waals surface area contributed by atoms with Gasteiger partial charge in [-0.3, -0.25) is 9.59 Å². The molecule has 3 aliphatic rings. The van der Waals surface area contributed by atoms with Gasteiger partial charge in [0, 0.05) is 18.2 Å². The second kappa shape index (κ2) is 7.57. The number of ether oxygens (including phenoxy) is 1. The number of fused-ring (bicyclic) bond motifs is 3. The molecular weight excluding hydrogens is 356 g/mol. The zero-order valence-electron chi connectivity index (χ0n) is 16.5. The van der Waals surface area contributed by atoms with Gasteiger partial charge in [0.1, 0.15) is 0 Å². The number of anilines is 1. The van der Waals surface area contributed by atoms with E-state index in [0.717, 1.165) is 23.1 Å². The zero-order valence-corrected chi connectivity index (χ0v) is 16.5. The van der Waals surface area contributed by atoms with Gasteiger partial charge in [0.25, 0.3) is 5.91 Å². The Morgan fingerprint density at radius 2 is 2.00 bits per heavy atom. The summed E-state index contributed by atoms with van der Waals surface area (Å²) in [5.74, 6) is 1.33. The molecule has 1 heterocycles. The van der Waals surface area contributed by atoms with E-state index in [1.807, 2.05) is 0 Å². The largest absolute Gasteiger partial charge is 0.449 e. The lowest BCUT2D eigenvalue weighted by molar-refractivity contribution is -0.130. The van der Waals surface area contributed by atoms with E-state index in [4.69, 9.17) is 4.74 Å². The van der Waals surface area contributed by atoms with Crippen molar-refractivity contribution in [3.63, 3.8) is 0 Å². The van der Waals surface area contributed by atoms with E-state index in [2.05, 4.69) is 17.6 Å². The van der Waals surface area contributed by atoms with Crippen LogP contribution in [0.25, 0.3) is 0 Å². The Balaban J connectivity index is 1.32. The molecule has 2 aliphatic carbocycles. The fourth-order valence-electron chi connectivity index (χ4n) is 5.15. The zero-order chi connectivity index (χ0) is 19.8. The third-order valence-electron chi connectivity index (χ3n) is 6.69. The normalized spacial score (nSPS) is 27.5. The fourth-order valence-corrected chi connectivity index (χ4v) is 5.15. The summed E-state index contributed by atoms with van der Waals surface area (Å²) in [6.07, 6.45) is 5.27. The molecule has 0 radical (unpaired) electrons. The minimum Gasteiger partial charge on any atom is -0.449 e. The first-order chi connectivity index (χ1) is 13.4. The van der Waals surface area contributed by atoms with Gasteiger partial charge in [0.15, 0.2) is 6.10 Å². The van der Waals surface area contributed by atoms with E-state index < -0.39 is 12.1 Å². The molecule has 0 saturated heterocycles. The second-order valence-corrected chi connectivity index (χ2v) is 8.60. The molecule has 5 atom stereocenters. The van der Waals surface area contributed by atoms with E-state index in [9.17, 15) is 14.4 Å². The maximum absolute atomic E-state index is 12.5. The number of amides is 2. The molecule has 2 bridgehead atoms. The van der Waals surface area contributed by atoms with E-state index in [-0.39, 0.29) is 17.9 Å². The average Bonchev–Trinajstić information content (AvgIpc) is 3.31. The molecule has 150 valence electrons. The predicted molar refractivity (Wildman–Crippen MR) is 105 cm³/mol. The number of hydrogen-bond donors (Lipinski definition) is 2. The van der Waals surface area contributed by atoms with Gasteiger partial charge in [-0.1, -0.05) is 6.42 Å². The molecule has 5 unspecified atom stereocenters. The van der Waals surface area contributed by atoms with Gasteiger partial charge in [0.05, 0.1) is 5.56 Å². The molecule has 0 spiro atoms. The van der Waals surface area contributed by atoms with E-state index in [0.29, 0.717) is 24.3 Å². The Kier molecular flexibility index (Phi) is 5.13. The summed E-state index contributed by atoms with van der Waals surface area (Å²) in [4.78, 5) is 36.4. The van der Waals surface area contributed by atoms with Gasteiger partial charge in [-0.2, -0.15) is 0 Å². The van der Waals surface area contributed by atoms with Crippen LogP contribution in [0.4, 0.5) is 5.69 Å². The Hall–Kier alpha value is -2.37. The lowest BCUT2D eigenvalue weighted by Crippen LogP contribution is -2.45. The minimum atomic E-state index is -0.843. The summed E-state index contributed by atoms with van der Waals surface area (Å²) in [6, 6.07) is 5.18. The number of aryl methyl sites for hydroxylation is 1. The van der Waals surface area contributed by atoms with E-state index >= 15 is 0 Å². The van der Waals surface area contributed by atoms with E-state index in [1.165, 1.54) is 25.7 Å². The highest BCUT2D eigenvalue weighted by molar-refractivity contribution is 5.96. The summed E-state index contributed by atoms with van der Waals surface area (Å²) in [7, 11) is 0. The molecule has 28 heavy (non-hydrogen) atoms. The highest BCUT2D eigenvalue weighted by Gasteiger charge is 2.42. The van der Waals surface area contributed by atoms with Gasteiger partial charge < -0.3 is 15.4 Å². The standard InChI is InChI=1S/C22H28N2O4/c1-12(18-10-14-3-4-15(18)9-14)23-21(26)13(2)28-22(27)17-5-7-19-16(11-17)6-8-20(25)24-19/h5,7,11-15,18H,3-4,6,8-10H2,1-2H3,(H,23,26)(H,24,25). The Labute approximate surface area is 165 Å². The minimum absolute atomic E-state index is 0.0160. The topological polar surface area (TPSA) is 84.5 Å². The van der Waals surface area contributed by atoms with Crippen molar-refractivity contribution in [3.8, 4) is 0 Å². The molecule has 6 nitrogen and oxygen atoms in total. The van der Waals surface area contributed by atoms with Crippen molar-refractivity contribution in [2.45, 2.75) is 64.5 Å². The van der Waals surface area contributed by atoms with Crippen LogP contribution >= 0.6 is 0 Å². The summed E-state index contributed by atoms with van der Waals surface area (Å²) in [5, 5.41) is 5.84. The first-order valence-corrected chi connectivity index (χ1v) is 10.3. The molecule has 1 aromatic carbocycles. The molecule has 6 heteroatoms. The SMILES string of the molecule is CC(OC(=O)c1ccc2c(c1)CCC(=O)N2)C(=O)NC(C)C1CC2CCC1C2. The predicted octanol–water partition coefficient (Wildman–Crippen LogP) is 3.06. The monoisotopic (exact) mass is 384 g/mol. The number of carbonyl (C=O) groups excluding carboxylic acids is 3. The van der Waals surface area contributed by atoms with Crippen molar-refractivity contribution in [3.05, 3.63) is 29.3 Å². The van der Waals surface area contributed by atoms with Crippen molar-refractivity contribution in [2.24, 2.45) is 17.8 Å². The molecule has 1 aromatic rings. The van der Waals surface area contributed by atoms with Crippen LogP contribution in [-0.4, -0.2) is 29.9 Å². The highest BCUT2D eigenvalue weighted by atomic mass is 16.5. The summed E-state index contributed by atoms with van der Waals surface area (Å²) in [5.41, 5.74) is 2.05. The van der Waals surface area contributed by atoms with Crippen molar-refractivity contribution < 1.29 is 19.1 Å². The van der Waals surface area contributed by atoms with E-state index in [1.54, 1.807) is 25.1 Å². The smallest absolute Gasteiger partial charge is 0.338 e. The molecule has 2 saturated carbocycles. The Morgan fingerprint density at radius 3 is 2.71 bits per heavy atom. The average molecular weight is 384 g/mol. The molecule has 2 N–H and O–H groups in total. The van der Waals surface area contributed by atoms with Gasteiger partial charge in [-0.25, -0.2) is 4.79 Å². The number of carbonyl (C=O) groups is 3. The number of hydrogen-bond acceptors (Lipinski definition) is 4. The summed E-state index contributed by atoms with van der Waals surface area (Å²) >= 11 is 0. The van der Waals surface area contributed by atoms with Crippen molar-refractivity contribution in [2.75, 3.05) is 5.32 Å². The molecule has 4 rings (SSSR count). The van der Waals surface area contributed by atoms with Crippen LogP contribution in [0.2, 0.25) is 0 Å². The number of nitrogens with one attached hydrogen (secondary N) is 2. The van der Waals surface area contributed by atoms with Crippen LogP contribution in [0.5, 0.6) is 0 Å². The Morgan fingerprint density at radius 1 is 1.18 bits per heavy atom. The lowest BCUT2D eigenvalue weighted by atomic mass is 9.84.